The molecular formula is C8H6BrN2O. The smallest absolute Gasteiger partial charge is 0.182 e. The summed E-state index contributed by atoms with van der Waals surface area (Å²) in [5.74, 6) is 0.0602. The molecule has 3 nitrogen and oxygen atoms in total. The number of hydrogen-bond acceptors (Lipinski definition) is 2. The highest BCUT2D eigenvalue weighted by molar-refractivity contribution is 9.10. The number of benzene rings is 1. The van der Waals surface area contributed by atoms with Crippen LogP contribution < -0.4 is 10.9 Å². The molecule has 0 saturated carbocycles. The van der Waals surface area contributed by atoms with E-state index in [0.29, 0.717) is 5.56 Å². The number of fused-ring (bicyclic) bond motifs is 1. The molecule has 61 valence electrons. The summed E-state index contributed by atoms with van der Waals surface area (Å²) in [6, 6.07) is 5.51. The lowest BCUT2D eigenvalue weighted by atomic mass is 10.1. The Bertz CT molecular complexity index is 338. The van der Waals surface area contributed by atoms with Crippen molar-refractivity contribution >= 4 is 27.4 Å². The Morgan fingerprint density at radius 2 is 2.33 bits per heavy atom. The van der Waals surface area contributed by atoms with E-state index in [-0.39, 0.29) is 12.3 Å². The zero-order valence-corrected chi connectivity index (χ0v) is 7.76. The molecule has 1 aliphatic heterocycles. The van der Waals surface area contributed by atoms with Crippen LogP contribution in [0.1, 0.15) is 10.4 Å². The van der Waals surface area contributed by atoms with Crippen LogP contribution in [0.2, 0.25) is 0 Å². The van der Waals surface area contributed by atoms with Gasteiger partial charge in [0.25, 0.3) is 0 Å². The molecule has 0 atom stereocenters. The maximum Gasteiger partial charge on any atom is 0.182 e. The Morgan fingerprint density at radius 1 is 1.50 bits per heavy atom. The molecule has 0 amide bonds. The average Bonchev–Trinajstić information content (AvgIpc) is 2.07. The Kier molecular flexibility index (Phi) is 1.86. The molecule has 0 fully saturated rings. The van der Waals surface area contributed by atoms with Gasteiger partial charge in [0.1, 0.15) is 0 Å². The van der Waals surface area contributed by atoms with E-state index in [1.54, 1.807) is 6.07 Å². The molecule has 2 rings (SSSR count). The normalized spacial score (nSPS) is 15.2. The molecular weight excluding hydrogens is 220 g/mol. The number of carbonyl (C=O) groups is 1. The van der Waals surface area contributed by atoms with Crippen molar-refractivity contribution in [3.63, 3.8) is 0 Å². The summed E-state index contributed by atoms with van der Waals surface area (Å²) in [5.41, 5.74) is 8.11. The summed E-state index contributed by atoms with van der Waals surface area (Å²) >= 11 is 3.31. The molecule has 1 radical (unpaired) electrons. The highest BCUT2D eigenvalue weighted by atomic mass is 79.9. The minimum Gasteiger partial charge on any atom is -0.303 e. The molecule has 1 aromatic rings. The van der Waals surface area contributed by atoms with Crippen LogP contribution in [0.25, 0.3) is 0 Å². The SMILES string of the molecule is O=C1C[N]Nc2ccc(Br)cc21. The topological polar surface area (TPSA) is 43.2 Å². The van der Waals surface area contributed by atoms with Gasteiger partial charge in [-0.25, -0.2) is 0 Å². The Hall–Kier alpha value is -0.870. The van der Waals surface area contributed by atoms with Crippen molar-refractivity contribution in [3.05, 3.63) is 28.2 Å². The molecule has 4 heteroatoms. The van der Waals surface area contributed by atoms with Crippen LogP contribution in [0.3, 0.4) is 0 Å². The van der Waals surface area contributed by atoms with Crippen LogP contribution in [-0.4, -0.2) is 12.3 Å². The second-order valence-electron chi connectivity index (χ2n) is 2.54. The number of nitrogens with zero attached hydrogens (tertiary/aromatic N) is 1. The molecule has 0 saturated heterocycles. The lowest BCUT2D eigenvalue weighted by molar-refractivity contribution is 0.0988. The van der Waals surface area contributed by atoms with Crippen molar-refractivity contribution in [1.82, 2.24) is 5.43 Å². The van der Waals surface area contributed by atoms with Crippen molar-refractivity contribution in [1.29, 1.82) is 0 Å². The van der Waals surface area contributed by atoms with Gasteiger partial charge in [0.15, 0.2) is 5.78 Å². The number of carbonyl (C=O) groups excluding carboxylic acids is 1. The molecule has 1 heterocycles. The number of anilines is 1. The molecule has 0 aromatic heterocycles. The first-order valence-corrected chi connectivity index (χ1v) is 4.32. The van der Waals surface area contributed by atoms with E-state index in [1.165, 1.54) is 0 Å². The van der Waals surface area contributed by atoms with Gasteiger partial charge in [-0.15, -0.1) is 5.43 Å². The highest BCUT2D eigenvalue weighted by Gasteiger charge is 2.16. The summed E-state index contributed by atoms with van der Waals surface area (Å²) in [4.78, 5) is 11.3. The first kappa shape index (κ1) is 7.76. The third-order valence-corrected chi connectivity index (χ3v) is 2.20. The van der Waals surface area contributed by atoms with E-state index in [0.717, 1.165) is 10.2 Å². The fourth-order valence-electron chi connectivity index (χ4n) is 1.13. The number of Topliss-reactive ketones (excluding diaryl/α,β-unsaturated/α-hetero) is 1. The number of halogens is 1. The van der Waals surface area contributed by atoms with Crippen molar-refractivity contribution < 1.29 is 4.79 Å². The fraction of sp³-hybridized carbons (Fsp3) is 0.125. The monoisotopic (exact) mass is 225 g/mol. The molecule has 0 unspecified atom stereocenters. The summed E-state index contributed by atoms with van der Waals surface area (Å²) in [7, 11) is 0. The minimum atomic E-state index is 0.0602. The number of nitrogens with one attached hydrogen (secondary N) is 1. The molecule has 12 heavy (non-hydrogen) atoms. The second kappa shape index (κ2) is 2.88. The summed E-state index contributed by atoms with van der Waals surface area (Å²) < 4.78 is 0.915. The minimum absolute atomic E-state index is 0.0602. The standard InChI is InChI=1S/C8H6BrN2O/c9-5-1-2-7-6(3-5)8(12)4-10-11-7/h1-3,11H,4H2. The van der Waals surface area contributed by atoms with E-state index < -0.39 is 0 Å². The molecule has 1 aromatic carbocycles. The summed E-state index contributed by atoms with van der Waals surface area (Å²) in [6.45, 7) is 0.226. The Labute approximate surface area is 78.3 Å². The van der Waals surface area contributed by atoms with Gasteiger partial charge in [-0.05, 0) is 18.2 Å². The number of hydrogen-bond donors (Lipinski definition) is 1. The number of ketones is 1. The third-order valence-electron chi connectivity index (χ3n) is 1.70. The maximum atomic E-state index is 11.3. The Balaban J connectivity index is 2.54. The Morgan fingerprint density at radius 3 is 3.17 bits per heavy atom. The van der Waals surface area contributed by atoms with Gasteiger partial charge in [0.2, 0.25) is 0 Å². The van der Waals surface area contributed by atoms with Crippen LogP contribution in [0.4, 0.5) is 5.69 Å². The van der Waals surface area contributed by atoms with E-state index >= 15 is 0 Å². The first-order chi connectivity index (χ1) is 5.77. The maximum absolute atomic E-state index is 11.3. The van der Waals surface area contributed by atoms with Crippen LogP contribution >= 0.6 is 15.9 Å². The summed E-state index contributed by atoms with van der Waals surface area (Å²) in [6.07, 6.45) is 0. The molecule has 0 bridgehead atoms. The van der Waals surface area contributed by atoms with Crippen molar-refractivity contribution in [2.24, 2.45) is 0 Å². The van der Waals surface area contributed by atoms with Gasteiger partial charge >= 0.3 is 0 Å². The van der Waals surface area contributed by atoms with Gasteiger partial charge in [0.05, 0.1) is 12.2 Å². The van der Waals surface area contributed by atoms with Gasteiger partial charge < -0.3 is 5.43 Å². The molecule has 0 spiro atoms. The van der Waals surface area contributed by atoms with E-state index in [9.17, 15) is 4.79 Å². The zero-order valence-electron chi connectivity index (χ0n) is 6.17. The summed E-state index contributed by atoms with van der Waals surface area (Å²) in [5, 5.41) is 0. The zero-order chi connectivity index (χ0) is 8.55. The quantitative estimate of drug-likeness (QED) is 0.729. The van der Waals surface area contributed by atoms with Crippen LogP contribution in [0.15, 0.2) is 22.7 Å². The molecule has 0 aliphatic carbocycles. The molecule has 1 N–H and O–H groups in total. The van der Waals surface area contributed by atoms with Crippen LogP contribution in [0, 0.1) is 0 Å². The predicted molar refractivity (Wildman–Crippen MR) is 49.1 cm³/mol. The van der Waals surface area contributed by atoms with E-state index in [2.05, 4.69) is 26.8 Å². The largest absolute Gasteiger partial charge is 0.303 e. The van der Waals surface area contributed by atoms with Gasteiger partial charge in [-0.2, -0.15) is 0 Å². The van der Waals surface area contributed by atoms with Gasteiger partial charge in [-0.3, -0.25) is 4.79 Å². The van der Waals surface area contributed by atoms with Crippen molar-refractivity contribution in [2.45, 2.75) is 0 Å². The van der Waals surface area contributed by atoms with Gasteiger partial charge in [-0.1, -0.05) is 15.9 Å². The second-order valence-corrected chi connectivity index (χ2v) is 3.46. The van der Waals surface area contributed by atoms with Crippen LogP contribution in [0.5, 0.6) is 0 Å². The fourth-order valence-corrected chi connectivity index (χ4v) is 1.49. The van der Waals surface area contributed by atoms with Crippen molar-refractivity contribution in [3.8, 4) is 0 Å². The highest BCUT2D eigenvalue weighted by Crippen LogP contribution is 2.22. The van der Waals surface area contributed by atoms with Gasteiger partial charge in [0, 0.05) is 10.0 Å². The van der Waals surface area contributed by atoms with Crippen LogP contribution in [-0.2, 0) is 0 Å². The molecule has 1 aliphatic rings. The van der Waals surface area contributed by atoms with E-state index in [4.69, 9.17) is 0 Å². The first-order valence-electron chi connectivity index (χ1n) is 3.52. The average molecular weight is 226 g/mol. The van der Waals surface area contributed by atoms with E-state index in [1.807, 2.05) is 12.1 Å². The lowest BCUT2D eigenvalue weighted by Crippen LogP contribution is -2.28. The lowest BCUT2D eigenvalue weighted by Gasteiger charge is -2.15. The predicted octanol–water partition coefficient (Wildman–Crippen LogP) is 1.58. The number of rotatable bonds is 0. The third kappa shape index (κ3) is 1.23. The van der Waals surface area contributed by atoms with Crippen molar-refractivity contribution in [2.75, 3.05) is 12.0 Å².